The van der Waals surface area contributed by atoms with Crippen LogP contribution in [0.15, 0.2) is 73.0 Å². The fourth-order valence-corrected chi connectivity index (χ4v) is 3.66. The summed E-state index contributed by atoms with van der Waals surface area (Å²) in [6.45, 7) is 3.95. The Bertz CT molecular complexity index is 1130. The molecule has 7 heteroatoms. The lowest BCUT2D eigenvalue weighted by Crippen LogP contribution is -2.13. The molecule has 0 bridgehead atoms. The molecule has 0 spiro atoms. The summed E-state index contributed by atoms with van der Waals surface area (Å²) < 4.78 is 5.57. The molecule has 0 aliphatic heterocycles. The molecule has 0 aliphatic carbocycles. The monoisotopic (exact) mass is 435 g/mol. The van der Waals surface area contributed by atoms with Gasteiger partial charge in [-0.1, -0.05) is 60.7 Å². The van der Waals surface area contributed by atoms with Crippen LogP contribution in [-0.4, -0.2) is 17.5 Å². The van der Waals surface area contributed by atoms with Gasteiger partial charge >= 0.3 is 0 Å². The highest BCUT2D eigenvalue weighted by Gasteiger charge is 2.14. The number of para-hydroxylation sites is 1. The van der Waals surface area contributed by atoms with Gasteiger partial charge < -0.3 is 4.74 Å². The van der Waals surface area contributed by atoms with Gasteiger partial charge in [-0.15, -0.1) is 11.3 Å². The Hall–Kier alpha value is -3.40. The molecule has 5 nitrogen and oxygen atoms in total. The maximum absolute atomic E-state index is 12.6. The Morgan fingerprint density at radius 2 is 2.03 bits per heavy atom. The molecule has 0 atom stereocenters. The van der Waals surface area contributed by atoms with Crippen LogP contribution >= 0.6 is 22.9 Å². The SMILES string of the molecule is C=CCOc1ccccc1C=C(C#N)C(=O)Nc1ncc(Cc2ccccc2Cl)s1. The van der Waals surface area contributed by atoms with Crippen LogP contribution in [0, 0.1) is 11.3 Å². The molecule has 1 amide bonds. The summed E-state index contributed by atoms with van der Waals surface area (Å²) in [5.41, 5.74) is 1.56. The van der Waals surface area contributed by atoms with E-state index in [1.54, 1.807) is 30.5 Å². The third kappa shape index (κ3) is 5.57. The van der Waals surface area contributed by atoms with Gasteiger partial charge in [0.05, 0.1) is 0 Å². The van der Waals surface area contributed by atoms with E-state index in [-0.39, 0.29) is 5.57 Å². The molecular formula is C23H18ClN3O2S. The maximum Gasteiger partial charge on any atom is 0.268 e. The number of hydrogen-bond acceptors (Lipinski definition) is 5. The lowest BCUT2D eigenvalue weighted by Gasteiger charge is -2.07. The van der Waals surface area contributed by atoms with Crippen molar-refractivity contribution in [1.82, 2.24) is 4.98 Å². The molecular weight excluding hydrogens is 418 g/mol. The number of halogens is 1. The van der Waals surface area contributed by atoms with Crippen molar-refractivity contribution in [3.05, 3.63) is 94.0 Å². The molecule has 0 fully saturated rings. The zero-order valence-corrected chi connectivity index (χ0v) is 17.5. The number of ether oxygens (including phenoxy) is 1. The highest BCUT2D eigenvalue weighted by atomic mass is 35.5. The number of rotatable bonds is 8. The number of thiazole rings is 1. The number of aromatic nitrogens is 1. The third-order valence-corrected chi connectivity index (χ3v) is 5.32. The van der Waals surface area contributed by atoms with E-state index in [2.05, 4.69) is 16.9 Å². The molecule has 1 heterocycles. The Kier molecular flexibility index (Phi) is 7.39. The molecule has 0 saturated heterocycles. The van der Waals surface area contributed by atoms with E-state index in [1.807, 2.05) is 36.4 Å². The maximum atomic E-state index is 12.6. The van der Waals surface area contributed by atoms with E-state index >= 15 is 0 Å². The second-order valence-corrected chi connectivity index (χ2v) is 7.68. The van der Waals surface area contributed by atoms with Crippen LogP contribution in [0.4, 0.5) is 5.13 Å². The zero-order valence-electron chi connectivity index (χ0n) is 16.0. The van der Waals surface area contributed by atoms with Gasteiger partial charge in [0.1, 0.15) is 24.0 Å². The van der Waals surface area contributed by atoms with Crippen LogP contribution in [0.2, 0.25) is 5.02 Å². The first-order valence-electron chi connectivity index (χ1n) is 9.04. The highest BCUT2D eigenvalue weighted by Crippen LogP contribution is 2.26. The van der Waals surface area contributed by atoms with Crippen molar-refractivity contribution in [3.63, 3.8) is 0 Å². The van der Waals surface area contributed by atoms with Crippen LogP contribution in [-0.2, 0) is 11.2 Å². The first kappa shape index (κ1) is 21.3. The van der Waals surface area contributed by atoms with Gasteiger partial charge in [0.2, 0.25) is 0 Å². The Morgan fingerprint density at radius 1 is 1.27 bits per heavy atom. The number of carbonyl (C=O) groups is 1. The predicted molar refractivity (Wildman–Crippen MR) is 121 cm³/mol. The minimum Gasteiger partial charge on any atom is -0.489 e. The van der Waals surface area contributed by atoms with Crippen molar-refractivity contribution in [1.29, 1.82) is 5.26 Å². The van der Waals surface area contributed by atoms with Crippen molar-refractivity contribution < 1.29 is 9.53 Å². The number of nitrogens with one attached hydrogen (secondary N) is 1. The molecule has 30 heavy (non-hydrogen) atoms. The number of hydrogen-bond donors (Lipinski definition) is 1. The molecule has 0 saturated carbocycles. The molecule has 0 aliphatic rings. The predicted octanol–water partition coefficient (Wildman–Crippen LogP) is 5.50. The van der Waals surface area contributed by atoms with Crippen molar-refractivity contribution in [2.24, 2.45) is 0 Å². The van der Waals surface area contributed by atoms with E-state index < -0.39 is 5.91 Å². The number of anilines is 1. The molecule has 0 radical (unpaired) electrons. The summed E-state index contributed by atoms with van der Waals surface area (Å²) in [6.07, 6.45) is 5.42. The summed E-state index contributed by atoms with van der Waals surface area (Å²) in [4.78, 5) is 17.8. The van der Waals surface area contributed by atoms with E-state index in [9.17, 15) is 10.1 Å². The number of nitrogens with zero attached hydrogens (tertiary/aromatic N) is 2. The van der Waals surface area contributed by atoms with E-state index in [0.29, 0.717) is 34.5 Å². The van der Waals surface area contributed by atoms with Crippen molar-refractivity contribution >= 4 is 40.1 Å². The summed E-state index contributed by atoms with van der Waals surface area (Å²) >= 11 is 7.54. The third-order valence-electron chi connectivity index (χ3n) is 4.04. The van der Waals surface area contributed by atoms with E-state index in [0.717, 1.165) is 10.4 Å². The van der Waals surface area contributed by atoms with Gasteiger partial charge in [0, 0.05) is 28.1 Å². The molecule has 1 N–H and O–H groups in total. The number of carbonyl (C=O) groups excluding carboxylic acids is 1. The van der Waals surface area contributed by atoms with Crippen molar-refractivity contribution in [2.75, 3.05) is 11.9 Å². The number of nitriles is 1. The van der Waals surface area contributed by atoms with Gasteiger partial charge in [-0.25, -0.2) is 4.98 Å². The summed E-state index contributed by atoms with van der Waals surface area (Å²) in [6, 6.07) is 16.7. The summed E-state index contributed by atoms with van der Waals surface area (Å²) in [7, 11) is 0. The molecule has 3 aromatic rings. The average Bonchev–Trinajstić information content (AvgIpc) is 3.19. The van der Waals surface area contributed by atoms with Gasteiger partial charge in [-0.2, -0.15) is 5.26 Å². The van der Waals surface area contributed by atoms with Gasteiger partial charge in [-0.3, -0.25) is 10.1 Å². The molecule has 1 aromatic heterocycles. The Morgan fingerprint density at radius 3 is 2.80 bits per heavy atom. The smallest absolute Gasteiger partial charge is 0.268 e. The quantitative estimate of drug-likeness (QED) is 0.288. The van der Waals surface area contributed by atoms with E-state index in [4.69, 9.17) is 16.3 Å². The fraction of sp³-hybridized carbons (Fsp3) is 0.0870. The fourth-order valence-electron chi connectivity index (χ4n) is 2.62. The summed E-state index contributed by atoms with van der Waals surface area (Å²) in [5, 5.41) is 13.2. The standard InChI is InChI=1S/C23H18ClN3O2S/c1-2-11-29-21-10-6-4-8-17(21)12-18(14-25)22(28)27-23-26-15-19(30-23)13-16-7-3-5-9-20(16)24/h2-10,12,15H,1,11,13H2,(H,26,27,28). The van der Waals surface area contributed by atoms with Crippen LogP contribution in [0.25, 0.3) is 6.08 Å². The topological polar surface area (TPSA) is 75.0 Å². The largest absolute Gasteiger partial charge is 0.489 e. The lowest BCUT2D eigenvalue weighted by atomic mass is 10.1. The molecule has 3 rings (SSSR count). The van der Waals surface area contributed by atoms with Crippen molar-refractivity contribution in [2.45, 2.75) is 6.42 Å². The Labute approximate surface area is 183 Å². The van der Waals surface area contributed by atoms with Crippen LogP contribution in [0.3, 0.4) is 0 Å². The second kappa shape index (κ2) is 10.4. The second-order valence-electron chi connectivity index (χ2n) is 6.16. The van der Waals surface area contributed by atoms with Gasteiger partial charge in [-0.05, 0) is 23.8 Å². The van der Waals surface area contributed by atoms with Gasteiger partial charge in [0.25, 0.3) is 5.91 Å². The number of benzene rings is 2. The first-order chi connectivity index (χ1) is 14.6. The van der Waals surface area contributed by atoms with Crippen molar-refractivity contribution in [3.8, 4) is 11.8 Å². The minimum atomic E-state index is -0.533. The molecule has 150 valence electrons. The zero-order chi connectivity index (χ0) is 21.3. The van der Waals surface area contributed by atoms with E-state index in [1.165, 1.54) is 17.4 Å². The lowest BCUT2D eigenvalue weighted by molar-refractivity contribution is -0.112. The first-order valence-corrected chi connectivity index (χ1v) is 10.2. The van der Waals surface area contributed by atoms with Crippen LogP contribution in [0.1, 0.15) is 16.0 Å². The van der Waals surface area contributed by atoms with Crippen LogP contribution < -0.4 is 10.1 Å². The Balaban J connectivity index is 1.73. The average molecular weight is 436 g/mol. The van der Waals surface area contributed by atoms with Gasteiger partial charge in [0.15, 0.2) is 5.13 Å². The molecule has 0 unspecified atom stereocenters. The highest BCUT2D eigenvalue weighted by molar-refractivity contribution is 7.15. The molecule has 2 aromatic carbocycles. The van der Waals surface area contributed by atoms with Crippen LogP contribution in [0.5, 0.6) is 5.75 Å². The summed E-state index contributed by atoms with van der Waals surface area (Å²) in [5.74, 6) is 0.0314. The normalized spacial score (nSPS) is 10.9. The minimum absolute atomic E-state index is 0.0486. The number of amides is 1.